The van der Waals surface area contributed by atoms with E-state index in [0.717, 1.165) is 12.2 Å². The second kappa shape index (κ2) is 6.59. The van der Waals surface area contributed by atoms with Crippen molar-refractivity contribution < 1.29 is 9.53 Å². The van der Waals surface area contributed by atoms with Crippen molar-refractivity contribution in [1.29, 1.82) is 0 Å². The van der Waals surface area contributed by atoms with Gasteiger partial charge in [-0.2, -0.15) is 0 Å². The van der Waals surface area contributed by atoms with Crippen molar-refractivity contribution in [2.45, 2.75) is 19.1 Å². The molecule has 0 unspecified atom stereocenters. The van der Waals surface area contributed by atoms with Gasteiger partial charge in [0.1, 0.15) is 5.75 Å². The zero-order chi connectivity index (χ0) is 12.0. The van der Waals surface area contributed by atoms with Crippen LogP contribution in [0, 0.1) is 0 Å². The summed E-state index contributed by atoms with van der Waals surface area (Å²) in [6.07, 6.45) is 5.28. The Balaban J connectivity index is 2.60. The van der Waals surface area contributed by atoms with Gasteiger partial charge in [0, 0.05) is 5.56 Å². The molecule has 0 saturated carbocycles. The largest absolute Gasteiger partial charge is 0.462 e. The van der Waals surface area contributed by atoms with Crippen LogP contribution in [0.5, 0.6) is 0 Å². The number of carbonyl (C=O) groups excluding carboxylic acids is 1. The molecule has 88 valence electrons. The maximum Gasteiger partial charge on any atom is 0.338 e. The lowest BCUT2D eigenvalue weighted by molar-refractivity contribution is 0.0505. The Hall–Kier alpha value is -0.960. The van der Waals surface area contributed by atoms with Gasteiger partial charge in [-0.15, -0.1) is 0 Å². The van der Waals surface area contributed by atoms with Gasteiger partial charge in [-0.05, 0) is 29.4 Å². The van der Waals surface area contributed by atoms with Gasteiger partial charge in [-0.3, -0.25) is 0 Å². The lowest BCUT2D eigenvalue weighted by atomic mass is 10.1. The molecule has 1 aromatic carbocycles. The highest BCUT2D eigenvalue weighted by molar-refractivity contribution is 7.94. The van der Waals surface area contributed by atoms with Crippen molar-refractivity contribution in [3.05, 3.63) is 35.4 Å². The van der Waals surface area contributed by atoms with Gasteiger partial charge in [0.25, 0.3) is 0 Å². The second-order valence-corrected chi connectivity index (χ2v) is 6.22. The molecule has 0 aliphatic carbocycles. The SMILES string of the molecule is CCCOC(=O)c1ccc(C[S+](C)C)cc1. The Bertz CT molecular complexity index is 330. The third-order valence-corrected chi connectivity index (χ3v) is 2.99. The molecule has 0 amide bonds. The number of hydrogen-bond acceptors (Lipinski definition) is 2. The molecule has 0 fully saturated rings. The average Bonchev–Trinajstić information content (AvgIpc) is 2.26. The Kier molecular flexibility index (Phi) is 5.39. The predicted molar refractivity (Wildman–Crippen MR) is 69.9 cm³/mol. The summed E-state index contributed by atoms with van der Waals surface area (Å²) < 4.78 is 5.06. The fourth-order valence-corrected chi connectivity index (χ4v) is 2.21. The third kappa shape index (κ3) is 4.27. The first kappa shape index (κ1) is 13.1. The van der Waals surface area contributed by atoms with Crippen LogP contribution in [-0.2, 0) is 21.4 Å². The van der Waals surface area contributed by atoms with Crippen LogP contribution in [0.2, 0.25) is 0 Å². The summed E-state index contributed by atoms with van der Waals surface area (Å²) in [5.74, 6) is 0.852. The summed E-state index contributed by atoms with van der Waals surface area (Å²) in [6, 6.07) is 7.71. The van der Waals surface area contributed by atoms with Crippen LogP contribution in [0.25, 0.3) is 0 Å². The molecule has 0 radical (unpaired) electrons. The first-order valence-electron chi connectivity index (χ1n) is 5.43. The molecular weight excluding hydrogens is 220 g/mol. The van der Waals surface area contributed by atoms with Crippen LogP contribution in [0.15, 0.2) is 24.3 Å². The molecule has 16 heavy (non-hydrogen) atoms. The lowest BCUT2D eigenvalue weighted by Crippen LogP contribution is -2.06. The zero-order valence-corrected chi connectivity index (χ0v) is 11.0. The molecule has 0 bridgehead atoms. The van der Waals surface area contributed by atoms with Crippen molar-refractivity contribution in [3.8, 4) is 0 Å². The first-order valence-corrected chi connectivity index (χ1v) is 7.64. The highest BCUT2D eigenvalue weighted by atomic mass is 32.2. The Morgan fingerprint density at radius 1 is 1.25 bits per heavy atom. The lowest BCUT2D eigenvalue weighted by Gasteiger charge is -2.03. The normalized spacial score (nSPS) is 10.5. The van der Waals surface area contributed by atoms with Crippen molar-refractivity contribution >= 4 is 16.9 Å². The summed E-state index contributed by atoms with van der Waals surface area (Å²) in [6.45, 7) is 2.48. The quantitative estimate of drug-likeness (QED) is 0.583. The van der Waals surface area contributed by atoms with Crippen molar-refractivity contribution in [3.63, 3.8) is 0 Å². The van der Waals surface area contributed by atoms with E-state index in [9.17, 15) is 4.79 Å². The predicted octanol–water partition coefficient (Wildman–Crippen LogP) is 2.63. The van der Waals surface area contributed by atoms with Crippen molar-refractivity contribution in [1.82, 2.24) is 0 Å². The minimum atomic E-state index is -0.222. The first-order chi connectivity index (χ1) is 7.63. The van der Waals surface area contributed by atoms with E-state index in [2.05, 4.69) is 12.5 Å². The summed E-state index contributed by atoms with van der Waals surface area (Å²) in [7, 11) is 0.395. The fraction of sp³-hybridized carbons (Fsp3) is 0.462. The number of carbonyl (C=O) groups is 1. The van der Waals surface area contributed by atoms with E-state index in [1.54, 1.807) is 0 Å². The molecule has 3 heteroatoms. The van der Waals surface area contributed by atoms with Crippen molar-refractivity contribution in [2.24, 2.45) is 0 Å². The summed E-state index contributed by atoms with van der Waals surface area (Å²) in [5, 5.41) is 0. The number of rotatable bonds is 5. The molecule has 2 nitrogen and oxygen atoms in total. The van der Waals surface area contributed by atoms with Crippen LogP contribution in [0.1, 0.15) is 29.3 Å². The van der Waals surface area contributed by atoms with Crippen LogP contribution >= 0.6 is 0 Å². The number of esters is 1. The van der Waals surface area contributed by atoms with E-state index < -0.39 is 0 Å². The topological polar surface area (TPSA) is 26.3 Å². The Labute approximate surface area is 100 Å². The van der Waals surface area contributed by atoms with Gasteiger partial charge >= 0.3 is 5.97 Å². The van der Waals surface area contributed by atoms with Crippen molar-refractivity contribution in [2.75, 3.05) is 19.1 Å². The van der Waals surface area contributed by atoms with Gasteiger partial charge < -0.3 is 4.74 Å². The summed E-state index contributed by atoms with van der Waals surface area (Å²) in [4.78, 5) is 11.5. The number of benzene rings is 1. The van der Waals surface area contributed by atoms with Gasteiger partial charge in [0.05, 0.1) is 24.7 Å². The Morgan fingerprint density at radius 3 is 2.38 bits per heavy atom. The van der Waals surface area contributed by atoms with Gasteiger partial charge in [0.15, 0.2) is 0 Å². The molecule has 0 aliphatic heterocycles. The molecule has 0 saturated heterocycles. The zero-order valence-electron chi connectivity index (χ0n) is 10.2. The summed E-state index contributed by atoms with van der Waals surface area (Å²) in [5.41, 5.74) is 1.92. The smallest absolute Gasteiger partial charge is 0.338 e. The van der Waals surface area contributed by atoms with Crippen LogP contribution in [-0.4, -0.2) is 25.1 Å². The maximum absolute atomic E-state index is 11.5. The monoisotopic (exact) mass is 239 g/mol. The molecule has 0 aromatic heterocycles. The van der Waals surface area contributed by atoms with E-state index >= 15 is 0 Å². The molecule has 0 aliphatic rings. The summed E-state index contributed by atoms with van der Waals surface area (Å²) >= 11 is 0. The minimum Gasteiger partial charge on any atom is -0.462 e. The van der Waals surface area contributed by atoms with E-state index in [4.69, 9.17) is 4.74 Å². The standard InChI is InChI=1S/C13H19O2S/c1-4-9-15-13(14)12-7-5-11(6-8-12)10-16(2)3/h5-8H,4,9-10H2,1-3H3/q+1. The van der Waals surface area contributed by atoms with Crippen LogP contribution in [0.4, 0.5) is 0 Å². The number of ether oxygens (including phenoxy) is 1. The molecule has 0 spiro atoms. The van der Waals surface area contributed by atoms with Gasteiger partial charge in [-0.25, -0.2) is 4.79 Å². The third-order valence-electron chi connectivity index (χ3n) is 2.08. The average molecular weight is 239 g/mol. The van der Waals surface area contributed by atoms with E-state index in [1.807, 2.05) is 31.2 Å². The van der Waals surface area contributed by atoms with E-state index in [1.165, 1.54) is 5.56 Å². The highest BCUT2D eigenvalue weighted by Gasteiger charge is 2.08. The second-order valence-electron chi connectivity index (χ2n) is 3.96. The molecule has 0 atom stereocenters. The van der Waals surface area contributed by atoms with Crippen LogP contribution < -0.4 is 0 Å². The van der Waals surface area contributed by atoms with Gasteiger partial charge in [0.2, 0.25) is 0 Å². The molecular formula is C13H19O2S+. The van der Waals surface area contributed by atoms with Gasteiger partial charge in [-0.1, -0.05) is 19.1 Å². The fourth-order valence-electron chi connectivity index (χ4n) is 1.35. The molecule has 1 rings (SSSR count). The minimum absolute atomic E-state index is 0.222. The Morgan fingerprint density at radius 2 is 1.88 bits per heavy atom. The number of hydrogen-bond donors (Lipinski definition) is 0. The van der Waals surface area contributed by atoms with Crippen LogP contribution in [0.3, 0.4) is 0 Å². The maximum atomic E-state index is 11.5. The van der Waals surface area contributed by atoms with E-state index in [0.29, 0.717) is 23.1 Å². The van der Waals surface area contributed by atoms with E-state index in [-0.39, 0.29) is 5.97 Å². The highest BCUT2D eigenvalue weighted by Crippen LogP contribution is 2.09. The molecule has 1 aromatic rings. The molecule has 0 heterocycles. The molecule has 0 N–H and O–H groups in total.